The van der Waals surface area contributed by atoms with Crippen molar-refractivity contribution in [1.29, 1.82) is 0 Å². The minimum Gasteiger partial charge on any atom is -0.381 e. The monoisotopic (exact) mass is 780 g/mol. The second-order valence-corrected chi connectivity index (χ2v) is 21.1. The lowest BCUT2D eigenvalue weighted by Crippen LogP contribution is -2.41. The van der Waals surface area contributed by atoms with Gasteiger partial charge >= 0.3 is 0 Å². The van der Waals surface area contributed by atoms with Crippen molar-refractivity contribution in [3.05, 3.63) is 118 Å². The van der Waals surface area contributed by atoms with Crippen LogP contribution < -0.4 is 0 Å². The summed E-state index contributed by atoms with van der Waals surface area (Å²) in [6.07, 6.45) is 11.0. The first-order valence-electron chi connectivity index (χ1n) is 21.0. The summed E-state index contributed by atoms with van der Waals surface area (Å²) < 4.78 is 14.8. The van der Waals surface area contributed by atoms with E-state index in [4.69, 9.17) is 4.74 Å². The second kappa shape index (κ2) is 12.0. The fraction of sp³-hybridized carbons (Fsp3) is 0.308. The van der Waals surface area contributed by atoms with Crippen molar-refractivity contribution >= 4 is 94.5 Å². The zero-order valence-electron chi connectivity index (χ0n) is 32.1. The Balaban J connectivity index is 1.03. The van der Waals surface area contributed by atoms with Gasteiger partial charge in [0.1, 0.15) is 0 Å². The molecule has 0 radical (unpaired) electrons. The van der Waals surface area contributed by atoms with Gasteiger partial charge in [-0.05, 0) is 200 Å². The normalized spacial score (nSPS) is 22.0. The number of hydrogen-bond acceptors (Lipinski definition) is 4. The van der Waals surface area contributed by atoms with Crippen LogP contribution in [0.1, 0.15) is 78.3 Å². The summed E-state index contributed by atoms with van der Waals surface area (Å²) in [7, 11) is 0. The number of ether oxygens (including phenoxy) is 1. The predicted octanol–water partition coefficient (Wildman–Crippen LogP) is 15.4. The molecular formula is C52H44OS3. The van der Waals surface area contributed by atoms with Crippen molar-refractivity contribution in [3.8, 4) is 22.3 Å². The number of fused-ring (bicyclic) bond motifs is 18. The third-order valence-corrected chi connectivity index (χ3v) is 18.0. The summed E-state index contributed by atoms with van der Waals surface area (Å²) in [6, 6.07) is 34.9. The molecule has 3 aromatic heterocycles. The van der Waals surface area contributed by atoms with Crippen LogP contribution in [0.15, 0.2) is 84.9 Å². The van der Waals surface area contributed by atoms with Crippen LogP contribution >= 0.6 is 34.0 Å². The lowest BCUT2D eigenvalue weighted by Gasteiger charge is -2.49. The zero-order chi connectivity index (χ0) is 36.9. The molecule has 56 heavy (non-hydrogen) atoms. The standard InChI is InChI=1S/C52H44OS3/c1-28-7-11-34-40-19-31-5-3-15-53-16-4-6-32-20-41-43-22-45-39(26-51(43)56-49(41)24-37(32)36(31)23-48(40)54-46(34)17-28)38-25-50-42(35-12-8-29(2)18-47(35)55-50)21-44(38)52(45)14-13-30-9-10-33(30)27-52/h7-8,11-12,17-26,30,33H,3-6,9-10,13-16,27H2,1-2H3. The van der Waals surface area contributed by atoms with Gasteiger partial charge in [-0.25, -0.2) is 0 Å². The van der Waals surface area contributed by atoms with Gasteiger partial charge < -0.3 is 4.74 Å². The molecule has 9 aromatic rings. The van der Waals surface area contributed by atoms with E-state index in [1.54, 1.807) is 11.1 Å². The molecule has 4 heterocycles. The van der Waals surface area contributed by atoms with Crippen LogP contribution in [-0.4, -0.2) is 13.2 Å². The highest BCUT2D eigenvalue weighted by Crippen LogP contribution is 2.63. The van der Waals surface area contributed by atoms with Crippen molar-refractivity contribution in [2.45, 2.75) is 77.0 Å². The summed E-state index contributed by atoms with van der Waals surface area (Å²) in [4.78, 5) is 0. The van der Waals surface area contributed by atoms with E-state index < -0.39 is 0 Å². The van der Waals surface area contributed by atoms with Crippen LogP contribution in [0.3, 0.4) is 0 Å². The summed E-state index contributed by atoms with van der Waals surface area (Å²) in [6.45, 7) is 6.11. The van der Waals surface area contributed by atoms with Crippen molar-refractivity contribution < 1.29 is 4.74 Å². The molecule has 4 aliphatic rings. The summed E-state index contributed by atoms with van der Waals surface area (Å²) in [5.74, 6) is 1.81. The van der Waals surface area contributed by atoms with Crippen molar-refractivity contribution in [2.75, 3.05) is 13.2 Å². The predicted molar refractivity (Wildman–Crippen MR) is 244 cm³/mol. The molecule has 276 valence electrons. The van der Waals surface area contributed by atoms with Crippen molar-refractivity contribution in [1.82, 2.24) is 0 Å². The van der Waals surface area contributed by atoms with Crippen molar-refractivity contribution in [2.24, 2.45) is 11.8 Å². The number of rotatable bonds is 0. The van der Waals surface area contributed by atoms with E-state index in [1.165, 1.54) is 137 Å². The third-order valence-electron chi connectivity index (χ3n) is 14.7. The Kier molecular flexibility index (Phi) is 7.06. The van der Waals surface area contributed by atoms with Gasteiger partial charge in [0.2, 0.25) is 0 Å². The fourth-order valence-corrected chi connectivity index (χ4v) is 15.3. The lowest BCUT2D eigenvalue weighted by molar-refractivity contribution is 0.0774. The molecule has 6 aromatic carbocycles. The molecule has 3 aliphatic carbocycles. The first-order chi connectivity index (χ1) is 27.5. The Hall–Kier alpha value is -4.06. The topological polar surface area (TPSA) is 9.23 Å². The van der Waals surface area contributed by atoms with Gasteiger partial charge in [-0.1, -0.05) is 24.3 Å². The summed E-state index contributed by atoms with van der Waals surface area (Å²) in [5, 5.41) is 8.62. The van der Waals surface area contributed by atoms with E-state index in [0.717, 1.165) is 50.7 Å². The van der Waals surface area contributed by atoms with E-state index in [9.17, 15) is 0 Å². The highest BCUT2D eigenvalue weighted by atomic mass is 32.1. The van der Waals surface area contributed by atoms with E-state index in [0.29, 0.717) is 0 Å². The molecule has 3 atom stereocenters. The molecule has 1 nitrogen and oxygen atoms in total. The summed E-state index contributed by atoms with van der Waals surface area (Å²) >= 11 is 5.96. The lowest BCUT2D eigenvalue weighted by atomic mass is 9.55. The molecule has 0 bridgehead atoms. The average molecular weight is 781 g/mol. The molecule has 0 amide bonds. The largest absolute Gasteiger partial charge is 0.381 e. The first kappa shape index (κ1) is 33.0. The van der Waals surface area contributed by atoms with Crippen LogP contribution in [-0.2, 0) is 23.0 Å². The van der Waals surface area contributed by atoms with Crippen LogP contribution in [0.4, 0.5) is 0 Å². The van der Waals surface area contributed by atoms with Crippen LogP contribution in [0, 0.1) is 25.7 Å². The molecule has 0 N–H and O–H groups in total. The molecule has 4 heteroatoms. The third kappa shape index (κ3) is 4.68. The maximum absolute atomic E-state index is 6.22. The van der Waals surface area contributed by atoms with E-state index in [-0.39, 0.29) is 5.41 Å². The first-order valence-corrected chi connectivity index (χ1v) is 23.5. The quantitative estimate of drug-likeness (QED) is 0.149. The van der Waals surface area contributed by atoms with Gasteiger partial charge in [-0.2, -0.15) is 0 Å². The molecule has 3 unspecified atom stereocenters. The molecule has 13 rings (SSSR count). The van der Waals surface area contributed by atoms with Crippen LogP contribution in [0.2, 0.25) is 0 Å². The molecule has 2 fully saturated rings. The van der Waals surface area contributed by atoms with Gasteiger partial charge in [-0.3, -0.25) is 0 Å². The minimum absolute atomic E-state index is 0.115. The van der Waals surface area contributed by atoms with Gasteiger partial charge in [-0.15, -0.1) is 34.0 Å². The molecular weight excluding hydrogens is 737 g/mol. The molecule has 0 saturated heterocycles. The number of aryl methyl sites for hydroxylation is 4. The maximum Gasteiger partial charge on any atom is 0.0469 e. The SMILES string of the molecule is Cc1ccc2c(c1)sc1cc3c(cc12)CCCOCCCc1cc2c(cc1-3)sc1cc3c(cc12)C1(CCC2CCC2C1)c1cc2c(cc1-3)sc1cc(C)ccc12. The smallest absolute Gasteiger partial charge is 0.0469 e. The maximum atomic E-state index is 6.22. The minimum atomic E-state index is 0.115. The number of benzene rings is 6. The Morgan fingerprint density at radius 2 is 0.946 bits per heavy atom. The van der Waals surface area contributed by atoms with E-state index in [2.05, 4.69) is 98.8 Å². The molecule has 1 aliphatic heterocycles. The van der Waals surface area contributed by atoms with Gasteiger partial charge in [0.05, 0.1) is 0 Å². The zero-order valence-corrected chi connectivity index (χ0v) is 34.6. The second-order valence-electron chi connectivity index (χ2n) is 17.8. The molecule has 1 spiro atoms. The number of hydrogen-bond donors (Lipinski definition) is 0. The van der Waals surface area contributed by atoms with Crippen LogP contribution in [0.25, 0.3) is 82.8 Å². The average Bonchev–Trinajstić information content (AvgIpc) is 3.89. The Labute approximate surface area is 339 Å². The van der Waals surface area contributed by atoms with E-state index in [1.807, 2.05) is 34.0 Å². The van der Waals surface area contributed by atoms with E-state index >= 15 is 0 Å². The van der Waals surface area contributed by atoms with Crippen LogP contribution in [0.5, 0.6) is 0 Å². The highest BCUT2D eigenvalue weighted by molar-refractivity contribution is 7.26. The highest BCUT2D eigenvalue weighted by Gasteiger charge is 2.51. The van der Waals surface area contributed by atoms with Crippen molar-refractivity contribution in [3.63, 3.8) is 0 Å². The van der Waals surface area contributed by atoms with Gasteiger partial charge in [0.25, 0.3) is 0 Å². The van der Waals surface area contributed by atoms with Gasteiger partial charge in [0.15, 0.2) is 0 Å². The Morgan fingerprint density at radius 1 is 0.482 bits per heavy atom. The molecule has 2 saturated carbocycles. The fourth-order valence-electron chi connectivity index (χ4n) is 11.7. The Morgan fingerprint density at radius 3 is 1.46 bits per heavy atom. The number of thiophene rings is 3. The van der Waals surface area contributed by atoms with Gasteiger partial charge in [0, 0.05) is 79.1 Å². The Bertz CT molecular complexity index is 3150. The summed E-state index contributed by atoms with van der Waals surface area (Å²) in [5.41, 5.74) is 14.9.